The second kappa shape index (κ2) is 5.28. The molecule has 3 heteroatoms. The molecule has 2 aliphatic rings. The van der Waals surface area contributed by atoms with Gasteiger partial charge in [0.15, 0.2) is 0 Å². The fraction of sp³-hybridized carbons (Fsp3) is 1.00. The van der Waals surface area contributed by atoms with Gasteiger partial charge >= 0.3 is 0 Å². The molecule has 0 spiro atoms. The molecular formula is C13H26N2S. The van der Waals surface area contributed by atoms with Crippen LogP contribution in [0.3, 0.4) is 0 Å². The zero-order valence-electron chi connectivity index (χ0n) is 10.7. The summed E-state index contributed by atoms with van der Waals surface area (Å²) in [5, 5.41) is 0. The van der Waals surface area contributed by atoms with E-state index in [4.69, 9.17) is 5.73 Å². The molecular weight excluding hydrogens is 216 g/mol. The van der Waals surface area contributed by atoms with Gasteiger partial charge in [0.2, 0.25) is 0 Å². The van der Waals surface area contributed by atoms with Crippen LogP contribution < -0.4 is 5.73 Å². The monoisotopic (exact) mass is 242 g/mol. The topological polar surface area (TPSA) is 29.3 Å². The summed E-state index contributed by atoms with van der Waals surface area (Å²) in [5.41, 5.74) is 6.27. The number of nitrogens with zero attached hydrogens (tertiary/aromatic N) is 1. The summed E-state index contributed by atoms with van der Waals surface area (Å²) < 4.78 is 0. The Hall–Kier alpha value is 0.270. The molecule has 94 valence electrons. The van der Waals surface area contributed by atoms with E-state index < -0.39 is 0 Å². The average Bonchev–Trinajstić information content (AvgIpc) is 2.29. The first kappa shape index (κ1) is 12.7. The molecule has 1 atom stereocenters. The highest BCUT2D eigenvalue weighted by Gasteiger charge is 2.37. The van der Waals surface area contributed by atoms with E-state index in [0.717, 1.165) is 18.5 Å². The number of likely N-dealkylation sites (tertiary alicyclic amines) is 1. The van der Waals surface area contributed by atoms with Crippen LogP contribution >= 0.6 is 11.8 Å². The van der Waals surface area contributed by atoms with Crippen molar-refractivity contribution < 1.29 is 0 Å². The SMILES string of the molecule is CC1(C)CCSCC1N1CCC(CN)CC1. The van der Waals surface area contributed by atoms with Gasteiger partial charge in [-0.1, -0.05) is 13.8 Å². The summed E-state index contributed by atoms with van der Waals surface area (Å²) in [6.07, 6.45) is 4.00. The minimum atomic E-state index is 0.515. The molecule has 2 aliphatic heterocycles. The Balaban J connectivity index is 1.92. The van der Waals surface area contributed by atoms with Crippen molar-refractivity contribution in [3.8, 4) is 0 Å². The molecule has 2 N–H and O–H groups in total. The Bertz CT molecular complexity index is 222. The normalized spacial score (nSPS) is 32.8. The molecule has 2 rings (SSSR count). The standard InChI is InChI=1S/C13H26N2S/c1-13(2)5-8-16-10-12(13)15-6-3-11(9-14)4-7-15/h11-12H,3-10,14H2,1-2H3. The van der Waals surface area contributed by atoms with Crippen LogP contribution in [0, 0.1) is 11.3 Å². The Kier molecular flexibility index (Phi) is 4.20. The molecule has 0 bridgehead atoms. The van der Waals surface area contributed by atoms with Crippen LogP contribution in [-0.4, -0.2) is 42.1 Å². The van der Waals surface area contributed by atoms with Crippen LogP contribution in [0.1, 0.15) is 33.1 Å². The Morgan fingerprint density at radius 2 is 2.00 bits per heavy atom. The van der Waals surface area contributed by atoms with Crippen LogP contribution in [0.4, 0.5) is 0 Å². The summed E-state index contributed by atoms with van der Waals surface area (Å²) in [6, 6.07) is 0.796. The van der Waals surface area contributed by atoms with Gasteiger partial charge in [0, 0.05) is 11.8 Å². The average molecular weight is 242 g/mol. The number of hydrogen-bond acceptors (Lipinski definition) is 3. The summed E-state index contributed by atoms with van der Waals surface area (Å²) in [5.74, 6) is 3.47. The van der Waals surface area contributed by atoms with Gasteiger partial charge in [0.05, 0.1) is 0 Å². The van der Waals surface area contributed by atoms with Crippen molar-refractivity contribution in [1.82, 2.24) is 4.90 Å². The van der Waals surface area contributed by atoms with Crippen LogP contribution in [0.2, 0.25) is 0 Å². The third-order valence-electron chi connectivity index (χ3n) is 4.49. The lowest BCUT2D eigenvalue weighted by atomic mass is 9.80. The van der Waals surface area contributed by atoms with Gasteiger partial charge in [-0.25, -0.2) is 0 Å². The first-order valence-electron chi connectivity index (χ1n) is 6.65. The van der Waals surface area contributed by atoms with Gasteiger partial charge in [0.1, 0.15) is 0 Å². The first-order valence-corrected chi connectivity index (χ1v) is 7.81. The van der Waals surface area contributed by atoms with E-state index in [1.165, 1.54) is 43.9 Å². The van der Waals surface area contributed by atoms with Crippen molar-refractivity contribution in [3.05, 3.63) is 0 Å². The third-order valence-corrected chi connectivity index (χ3v) is 5.54. The lowest BCUT2D eigenvalue weighted by Crippen LogP contribution is -2.52. The predicted octanol–water partition coefficient (Wildman–Crippen LogP) is 2.19. The molecule has 0 aromatic heterocycles. The molecule has 1 unspecified atom stereocenters. The van der Waals surface area contributed by atoms with Crippen molar-refractivity contribution in [1.29, 1.82) is 0 Å². The molecule has 0 amide bonds. The third kappa shape index (κ3) is 2.74. The Labute approximate surface area is 104 Å². The highest BCUT2D eigenvalue weighted by molar-refractivity contribution is 7.99. The molecule has 0 aliphatic carbocycles. The van der Waals surface area contributed by atoms with Gasteiger partial charge in [-0.05, 0) is 56.0 Å². The quantitative estimate of drug-likeness (QED) is 0.805. The van der Waals surface area contributed by atoms with Gasteiger partial charge in [-0.2, -0.15) is 11.8 Å². The van der Waals surface area contributed by atoms with E-state index in [1.54, 1.807) is 0 Å². The molecule has 0 saturated carbocycles. The van der Waals surface area contributed by atoms with Gasteiger partial charge < -0.3 is 5.73 Å². The molecule has 2 heterocycles. The lowest BCUT2D eigenvalue weighted by Gasteiger charge is -2.47. The summed E-state index contributed by atoms with van der Waals surface area (Å²) in [4.78, 5) is 2.73. The van der Waals surface area contributed by atoms with Crippen molar-refractivity contribution in [2.75, 3.05) is 31.1 Å². The van der Waals surface area contributed by atoms with Crippen molar-refractivity contribution in [2.24, 2.45) is 17.1 Å². The van der Waals surface area contributed by atoms with Crippen LogP contribution in [0.5, 0.6) is 0 Å². The minimum Gasteiger partial charge on any atom is -0.330 e. The Morgan fingerprint density at radius 3 is 2.56 bits per heavy atom. The number of rotatable bonds is 2. The fourth-order valence-electron chi connectivity index (χ4n) is 3.02. The largest absolute Gasteiger partial charge is 0.330 e. The Morgan fingerprint density at radius 1 is 1.31 bits per heavy atom. The molecule has 0 aromatic carbocycles. The van der Waals surface area contributed by atoms with Crippen molar-refractivity contribution >= 4 is 11.8 Å². The van der Waals surface area contributed by atoms with Crippen LogP contribution in [0.15, 0.2) is 0 Å². The fourth-order valence-corrected chi connectivity index (χ4v) is 4.74. The van der Waals surface area contributed by atoms with E-state index in [9.17, 15) is 0 Å². The molecule has 2 saturated heterocycles. The van der Waals surface area contributed by atoms with E-state index in [-0.39, 0.29) is 0 Å². The summed E-state index contributed by atoms with van der Waals surface area (Å²) in [7, 11) is 0. The van der Waals surface area contributed by atoms with Crippen LogP contribution in [-0.2, 0) is 0 Å². The van der Waals surface area contributed by atoms with Gasteiger partial charge in [0.25, 0.3) is 0 Å². The maximum Gasteiger partial charge on any atom is 0.0237 e. The van der Waals surface area contributed by atoms with Gasteiger partial charge in [-0.15, -0.1) is 0 Å². The number of nitrogens with two attached hydrogens (primary N) is 1. The number of hydrogen-bond donors (Lipinski definition) is 1. The van der Waals surface area contributed by atoms with Gasteiger partial charge in [-0.3, -0.25) is 4.90 Å². The van der Waals surface area contributed by atoms with E-state index in [1.807, 2.05) is 0 Å². The molecule has 2 fully saturated rings. The zero-order chi connectivity index (χ0) is 11.6. The lowest BCUT2D eigenvalue weighted by molar-refractivity contribution is 0.0653. The van der Waals surface area contributed by atoms with E-state index >= 15 is 0 Å². The van der Waals surface area contributed by atoms with Crippen LogP contribution in [0.25, 0.3) is 0 Å². The highest BCUT2D eigenvalue weighted by Crippen LogP contribution is 2.38. The molecule has 2 nitrogen and oxygen atoms in total. The summed E-state index contributed by atoms with van der Waals surface area (Å²) in [6.45, 7) is 8.34. The van der Waals surface area contributed by atoms with E-state index in [2.05, 4.69) is 30.5 Å². The van der Waals surface area contributed by atoms with Crippen molar-refractivity contribution in [3.63, 3.8) is 0 Å². The molecule has 16 heavy (non-hydrogen) atoms. The number of thioether (sulfide) groups is 1. The zero-order valence-corrected chi connectivity index (χ0v) is 11.6. The predicted molar refractivity (Wildman–Crippen MR) is 72.9 cm³/mol. The summed E-state index contributed by atoms with van der Waals surface area (Å²) >= 11 is 2.14. The molecule has 0 radical (unpaired) electrons. The first-order chi connectivity index (χ1) is 7.63. The second-order valence-electron chi connectivity index (χ2n) is 6.04. The highest BCUT2D eigenvalue weighted by atomic mass is 32.2. The number of piperidine rings is 1. The maximum atomic E-state index is 5.76. The minimum absolute atomic E-state index is 0.515. The smallest absolute Gasteiger partial charge is 0.0237 e. The maximum absolute atomic E-state index is 5.76. The van der Waals surface area contributed by atoms with Crippen molar-refractivity contribution in [2.45, 2.75) is 39.2 Å². The van der Waals surface area contributed by atoms with E-state index in [0.29, 0.717) is 5.41 Å². The second-order valence-corrected chi connectivity index (χ2v) is 7.19. The molecule has 0 aromatic rings.